The quantitative estimate of drug-likeness (QED) is 0.218. The van der Waals surface area contributed by atoms with Crippen molar-refractivity contribution < 1.29 is 4.42 Å². The van der Waals surface area contributed by atoms with E-state index >= 15 is 0 Å². The molecule has 0 saturated heterocycles. The first kappa shape index (κ1) is 32.9. The van der Waals surface area contributed by atoms with Gasteiger partial charge in [-0.3, -0.25) is 0 Å². The Hall–Kier alpha value is -6.29. The molecule has 57 heavy (non-hydrogen) atoms. The predicted octanol–water partition coefficient (Wildman–Crippen LogP) is 5.64. The Balaban J connectivity index is 1.27. The van der Waals surface area contributed by atoms with E-state index in [2.05, 4.69) is 196 Å². The fraction of sp³-hybridized carbons (Fsp3) is 0.0769. The molecule has 0 unspecified atom stereocenters. The smallest absolute Gasteiger partial charge is 0.247 e. The summed E-state index contributed by atoms with van der Waals surface area (Å²) < 4.78 is 6.78. The van der Waals surface area contributed by atoms with Crippen LogP contribution in [0.1, 0.15) is 22.3 Å². The molecule has 3 aliphatic rings. The molecule has 3 aliphatic heterocycles. The number of furan rings is 1. The maximum absolute atomic E-state index is 6.78. The molecule has 5 heteroatoms. The van der Waals surface area contributed by atoms with Crippen molar-refractivity contribution in [2.45, 2.75) is 27.7 Å². The van der Waals surface area contributed by atoms with Gasteiger partial charge < -0.3 is 9.32 Å². The molecule has 12 rings (SSSR count). The van der Waals surface area contributed by atoms with Crippen LogP contribution >= 0.6 is 0 Å². The summed E-state index contributed by atoms with van der Waals surface area (Å²) in [6.07, 6.45) is 0. The molecule has 0 aliphatic carbocycles. The molecule has 0 bridgehead atoms. The summed E-state index contributed by atoms with van der Waals surface area (Å²) in [6, 6.07) is 62.5. The topological polar surface area (TPSA) is 16.4 Å². The molecular weight excluding hydrogens is 704 g/mol. The number of aryl methyl sites for hydroxylation is 4. The highest BCUT2D eigenvalue weighted by Gasteiger charge is 2.54. The lowest BCUT2D eigenvalue weighted by atomic mass is 9.29. The summed E-state index contributed by atoms with van der Waals surface area (Å²) in [6.45, 7) is 9.29. The minimum absolute atomic E-state index is 0.0355. The van der Waals surface area contributed by atoms with Crippen LogP contribution in [-0.2, 0) is 0 Å². The average molecular weight is 744 g/mol. The number of para-hydroxylation sites is 2. The molecule has 4 heterocycles. The number of benzene rings is 8. The van der Waals surface area contributed by atoms with E-state index in [-0.39, 0.29) is 13.4 Å². The van der Waals surface area contributed by atoms with E-state index in [0.29, 0.717) is 0 Å². The molecule has 0 N–H and O–H groups in total. The second-order valence-electron chi connectivity index (χ2n) is 16.6. The first-order chi connectivity index (χ1) is 27.9. The average Bonchev–Trinajstić information content (AvgIpc) is 3.59. The highest BCUT2D eigenvalue weighted by molar-refractivity contribution is 7.27. The van der Waals surface area contributed by atoms with Crippen molar-refractivity contribution in [2.75, 3.05) is 4.90 Å². The summed E-state index contributed by atoms with van der Waals surface area (Å²) in [7, 11) is -2.94. The molecule has 0 amide bonds. The van der Waals surface area contributed by atoms with Crippen LogP contribution in [-0.4, -0.2) is 21.5 Å². The first-order valence-corrected chi connectivity index (χ1v) is 22.2. The van der Waals surface area contributed by atoms with Gasteiger partial charge in [0.1, 0.15) is 11.2 Å². The van der Waals surface area contributed by atoms with Gasteiger partial charge in [0, 0.05) is 27.8 Å². The number of anilines is 3. The van der Waals surface area contributed by atoms with E-state index in [1.807, 2.05) is 0 Å². The third-order valence-corrected chi connectivity index (χ3v) is 18.3. The van der Waals surface area contributed by atoms with Crippen LogP contribution in [0.4, 0.5) is 17.1 Å². The van der Waals surface area contributed by atoms with E-state index in [1.54, 1.807) is 0 Å². The molecule has 0 saturated carbocycles. The van der Waals surface area contributed by atoms with Gasteiger partial charge >= 0.3 is 0 Å². The van der Waals surface area contributed by atoms with Crippen molar-refractivity contribution in [3.8, 4) is 0 Å². The Labute approximate surface area is 335 Å². The van der Waals surface area contributed by atoms with Gasteiger partial charge in [0.15, 0.2) is 8.07 Å². The minimum Gasteiger partial charge on any atom is -0.456 e. The van der Waals surface area contributed by atoms with Gasteiger partial charge in [0.25, 0.3) is 0 Å². The van der Waals surface area contributed by atoms with Crippen LogP contribution in [0.2, 0.25) is 0 Å². The molecular formula is C52H39B2NOSi. The van der Waals surface area contributed by atoms with E-state index in [0.717, 1.165) is 11.2 Å². The number of fused-ring (bicyclic) bond motifs is 9. The zero-order valence-corrected chi connectivity index (χ0v) is 33.6. The van der Waals surface area contributed by atoms with Gasteiger partial charge in [-0.05, 0) is 94.6 Å². The summed E-state index contributed by atoms with van der Waals surface area (Å²) in [5, 5.41) is 8.02. The molecule has 0 radical (unpaired) electrons. The zero-order valence-electron chi connectivity index (χ0n) is 32.6. The second-order valence-corrected chi connectivity index (χ2v) is 20.4. The Morgan fingerprint density at radius 3 is 1.75 bits per heavy atom. The lowest BCUT2D eigenvalue weighted by Crippen LogP contribution is -2.87. The van der Waals surface area contributed by atoms with Crippen molar-refractivity contribution in [1.82, 2.24) is 0 Å². The summed E-state index contributed by atoms with van der Waals surface area (Å²) in [4.78, 5) is 2.65. The van der Waals surface area contributed by atoms with Crippen LogP contribution in [0.15, 0.2) is 168 Å². The molecule has 1 aromatic heterocycles. The normalized spacial score (nSPS) is 14.4. The standard InChI is InChI=1S/C52H39B2NOSi/c1-32-26-34(3)50(35(4)27-32)53-40-21-12-13-22-44(40)55-45-23-15-25-48-51(45)54(43-29-33(2)28-42(53)52(43)55)41-30-39-38-20-11-14-24-46(38)56-47(39)31-49(41)57(48,36-16-7-5-8-17-36)37-18-9-6-10-19-37/h5-31H,1-4H3. The summed E-state index contributed by atoms with van der Waals surface area (Å²) in [5.41, 5.74) is 19.6. The van der Waals surface area contributed by atoms with Gasteiger partial charge in [0.05, 0.1) is 0 Å². The largest absolute Gasteiger partial charge is 0.456 e. The molecule has 0 spiro atoms. The highest BCUT2D eigenvalue weighted by Crippen LogP contribution is 2.39. The third kappa shape index (κ3) is 4.33. The lowest BCUT2D eigenvalue weighted by Gasteiger charge is -2.49. The monoisotopic (exact) mass is 743 g/mol. The van der Waals surface area contributed by atoms with Gasteiger partial charge in [0.2, 0.25) is 13.4 Å². The molecule has 268 valence electrons. The maximum atomic E-state index is 6.78. The number of nitrogens with zero attached hydrogens (tertiary/aromatic N) is 1. The van der Waals surface area contributed by atoms with Gasteiger partial charge in [-0.2, -0.15) is 0 Å². The lowest BCUT2D eigenvalue weighted by molar-refractivity contribution is 0.669. The third-order valence-electron chi connectivity index (χ3n) is 13.4. The van der Waals surface area contributed by atoms with Crippen molar-refractivity contribution in [3.63, 3.8) is 0 Å². The van der Waals surface area contributed by atoms with Crippen LogP contribution in [0.5, 0.6) is 0 Å². The highest BCUT2D eigenvalue weighted by atomic mass is 28.3. The van der Waals surface area contributed by atoms with Gasteiger partial charge in [-0.15, -0.1) is 0 Å². The van der Waals surface area contributed by atoms with Crippen molar-refractivity contribution in [2.24, 2.45) is 0 Å². The Morgan fingerprint density at radius 1 is 0.439 bits per heavy atom. The fourth-order valence-electron chi connectivity index (χ4n) is 11.5. The van der Waals surface area contributed by atoms with Crippen LogP contribution in [0.25, 0.3) is 21.9 Å². The summed E-state index contributed by atoms with van der Waals surface area (Å²) in [5.74, 6) is 0. The molecule has 0 atom stereocenters. The van der Waals surface area contributed by atoms with E-state index < -0.39 is 8.07 Å². The van der Waals surface area contributed by atoms with Crippen LogP contribution in [0, 0.1) is 27.7 Å². The Bertz CT molecular complexity index is 3090. The Kier molecular flexibility index (Phi) is 6.85. The number of hydrogen-bond donors (Lipinski definition) is 0. The SMILES string of the molecule is Cc1cc(C)c(B2c3ccccc3N3c4cccc5c4B(c4cc6c(cc4[Si]5(c4ccccc4)c4ccccc4)oc4ccccc46)c4cc(C)cc2c43)c(C)c1. The maximum Gasteiger partial charge on any atom is 0.247 e. The van der Waals surface area contributed by atoms with Crippen LogP contribution < -0.4 is 58.4 Å². The van der Waals surface area contributed by atoms with Gasteiger partial charge in [-0.1, -0.05) is 173 Å². The second kappa shape index (κ2) is 11.9. The van der Waals surface area contributed by atoms with E-state index in [1.165, 1.54) is 104 Å². The van der Waals surface area contributed by atoms with Crippen molar-refractivity contribution >= 4 is 114 Å². The van der Waals surface area contributed by atoms with Gasteiger partial charge in [-0.25, -0.2) is 0 Å². The minimum atomic E-state index is -2.94. The summed E-state index contributed by atoms with van der Waals surface area (Å²) >= 11 is 0. The number of rotatable bonds is 3. The van der Waals surface area contributed by atoms with Crippen molar-refractivity contribution in [3.05, 3.63) is 186 Å². The molecule has 0 fully saturated rings. The first-order valence-electron chi connectivity index (χ1n) is 20.2. The predicted molar refractivity (Wildman–Crippen MR) is 247 cm³/mol. The molecule has 8 aromatic carbocycles. The van der Waals surface area contributed by atoms with Crippen LogP contribution in [0.3, 0.4) is 0 Å². The molecule has 9 aromatic rings. The fourth-order valence-corrected chi connectivity index (χ4v) is 16.8. The zero-order chi connectivity index (χ0) is 38.2. The van der Waals surface area contributed by atoms with E-state index in [4.69, 9.17) is 4.42 Å². The molecule has 2 nitrogen and oxygen atoms in total. The number of hydrogen-bond acceptors (Lipinski definition) is 2. The Morgan fingerprint density at radius 2 is 1.04 bits per heavy atom. The van der Waals surface area contributed by atoms with E-state index in [9.17, 15) is 0 Å². The van der Waals surface area contributed by atoms with Crippen molar-refractivity contribution in [1.29, 1.82) is 0 Å².